The maximum atomic E-state index is 14.5. The molecule has 3 N–H and O–H groups in total. The minimum absolute atomic E-state index is 0.134. The van der Waals surface area contributed by atoms with E-state index in [1.54, 1.807) is 24.3 Å². The minimum Gasteiger partial charge on any atom is -0.481 e. The second-order valence-electron chi connectivity index (χ2n) is 7.52. The van der Waals surface area contributed by atoms with Crippen molar-refractivity contribution in [3.05, 3.63) is 57.6 Å². The van der Waals surface area contributed by atoms with Crippen LogP contribution < -0.4 is 10.6 Å². The Kier molecular flexibility index (Phi) is 7.38. The molecule has 0 atom stereocenters. The van der Waals surface area contributed by atoms with Crippen molar-refractivity contribution in [2.75, 3.05) is 16.4 Å². The Morgan fingerprint density at radius 1 is 1.20 bits per heavy atom. The highest BCUT2D eigenvalue weighted by Gasteiger charge is 2.13. The van der Waals surface area contributed by atoms with Gasteiger partial charge < -0.3 is 15.7 Å². The number of hydrogen-bond donors (Lipinski definition) is 3. The van der Waals surface area contributed by atoms with Crippen molar-refractivity contribution >= 4 is 75.3 Å². The zero-order valence-corrected chi connectivity index (χ0v) is 21.0. The average molecular weight is 531 g/mol. The maximum Gasteiger partial charge on any atom is 0.313 e. The predicted octanol–water partition coefficient (Wildman–Crippen LogP) is 4.93. The Labute approximate surface area is 212 Å². The molecule has 180 valence electrons. The van der Waals surface area contributed by atoms with Crippen LogP contribution in [-0.4, -0.2) is 42.5 Å². The number of hydrogen-bond acceptors (Lipinski definition) is 9. The molecule has 2 aromatic heterocycles. The van der Waals surface area contributed by atoms with Gasteiger partial charge in [0.2, 0.25) is 5.91 Å². The van der Waals surface area contributed by atoms with E-state index in [2.05, 4.69) is 25.7 Å². The van der Waals surface area contributed by atoms with E-state index in [0.29, 0.717) is 30.7 Å². The number of aromatic nitrogens is 4. The van der Waals surface area contributed by atoms with Gasteiger partial charge in [-0.15, -0.1) is 0 Å². The largest absolute Gasteiger partial charge is 0.481 e. The molecule has 4 rings (SSSR count). The summed E-state index contributed by atoms with van der Waals surface area (Å²) in [5, 5.41) is 19.4. The lowest BCUT2D eigenvalue weighted by atomic mass is 10.1. The standard InChI is InChI=1S/C22H19FN6O3S3/c1-11-5-15(23)17(6-12(11)2)27-20-14-7-13(3-4-16(14)24-10-25-20)26-18(30)8-29-22(33)35-21(28-29)34-9-19(31)32/h3-7,10H,8-9H2,1-2H3,(H,26,30)(H,31,32)(H,24,25,27). The summed E-state index contributed by atoms with van der Waals surface area (Å²) in [4.78, 5) is 31.9. The van der Waals surface area contributed by atoms with Crippen LogP contribution in [0, 0.1) is 23.6 Å². The number of nitrogens with one attached hydrogen (secondary N) is 2. The molecule has 0 bridgehead atoms. The van der Waals surface area contributed by atoms with E-state index >= 15 is 0 Å². The van der Waals surface area contributed by atoms with Crippen LogP contribution in [0.1, 0.15) is 11.1 Å². The van der Waals surface area contributed by atoms with Gasteiger partial charge in [0, 0.05) is 11.1 Å². The van der Waals surface area contributed by atoms with E-state index in [-0.39, 0.29) is 23.9 Å². The van der Waals surface area contributed by atoms with Gasteiger partial charge in [0.05, 0.1) is 17.0 Å². The van der Waals surface area contributed by atoms with Gasteiger partial charge in [-0.05, 0) is 67.5 Å². The lowest BCUT2D eigenvalue weighted by Gasteiger charge is -2.12. The molecule has 0 saturated heterocycles. The Hall–Kier alpha value is -3.42. The molecule has 0 aliphatic heterocycles. The van der Waals surface area contributed by atoms with Crippen LogP contribution in [0.5, 0.6) is 0 Å². The van der Waals surface area contributed by atoms with Gasteiger partial charge in [0.15, 0.2) is 8.29 Å². The first-order valence-electron chi connectivity index (χ1n) is 10.2. The number of carboxylic acids is 1. The van der Waals surface area contributed by atoms with Gasteiger partial charge in [0.1, 0.15) is 24.5 Å². The average Bonchev–Trinajstić information content (AvgIpc) is 3.15. The lowest BCUT2D eigenvalue weighted by molar-refractivity contribution is -0.133. The zero-order valence-electron chi connectivity index (χ0n) is 18.5. The van der Waals surface area contributed by atoms with E-state index < -0.39 is 11.8 Å². The third kappa shape index (κ3) is 5.99. The summed E-state index contributed by atoms with van der Waals surface area (Å²) in [7, 11) is 0. The number of fused-ring (bicyclic) bond motifs is 1. The Balaban J connectivity index is 1.53. The molecule has 0 saturated carbocycles. The summed E-state index contributed by atoms with van der Waals surface area (Å²) in [6.07, 6.45) is 1.38. The maximum absolute atomic E-state index is 14.5. The summed E-state index contributed by atoms with van der Waals surface area (Å²) in [5.41, 5.74) is 3.18. The quantitative estimate of drug-likeness (QED) is 0.215. The molecule has 0 spiro atoms. The molecule has 13 heteroatoms. The van der Waals surface area contributed by atoms with Crippen molar-refractivity contribution in [3.63, 3.8) is 0 Å². The summed E-state index contributed by atoms with van der Waals surface area (Å²) < 4.78 is 16.7. The highest BCUT2D eigenvalue weighted by Crippen LogP contribution is 2.28. The smallest absolute Gasteiger partial charge is 0.313 e. The monoisotopic (exact) mass is 530 g/mol. The van der Waals surface area contributed by atoms with Crippen molar-refractivity contribution < 1.29 is 19.1 Å². The van der Waals surface area contributed by atoms with Crippen LogP contribution >= 0.6 is 35.3 Å². The highest BCUT2D eigenvalue weighted by molar-refractivity contribution is 8.01. The number of carboxylic acid groups (broad SMARTS) is 1. The summed E-state index contributed by atoms with van der Waals surface area (Å²) in [5.74, 6) is -1.47. The van der Waals surface area contributed by atoms with Crippen LogP contribution in [0.3, 0.4) is 0 Å². The van der Waals surface area contributed by atoms with E-state index in [1.807, 2.05) is 13.8 Å². The van der Waals surface area contributed by atoms with E-state index in [4.69, 9.17) is 17.3 Å². The van der Waals surface area contributed by atoms with Gasteiger partial charge in [0.25, 0.3) is 0 Å². The third-order valence-corrected chi connectivity index (χ3v) is 7.38. The van der Waals surface area contributed by atoms with Crippen molar-refractivity contribution in [2.24, 2.45) is 0 Å². The molecule has 9 nitrogen and oxygen atoms in total. The zero-order chi connectivity index (χ0) is 25.1. The number of carbonyl (C=O) groups is 2. The van der Waals surface area contributed by atoms with Crippen LogP contribution in [0.25, 0.3) is 10.9 Å². The second-order valence-corrected chi connectivity index (χ2v) is 10.4. The number of anilines is 3. The first kappa shape index (κ1) is 24.7. The number of carbonyl (C=O) groups excluding carboxylic acids is 1. The SMILES string of the molecule is Cc1cc(F)c(Nc2ncnc3ccc(NC(=O)Cn4nc(SCC(=O)O)sc4=S)cc23)cc1C. The number of aryl methyl sites for hydroxylation is 2. The van der Waals surface area contributed by atoms with Crippen molar-refractivity contribution in [2.45, 2.75) is 24.7 Å². The number of benzene rings is 2. The summed E-state index contributed by atoms with van der Waals surface area (Å²) >= 11 is 7.41. The molecule has 2 aromatic carbocycles. The molecule has 0 fully saturated rings. The Bertz CT molecular complexity index is 1500. The number of amides is 1. The Morgan fingerprint density at radius 3 is 2.74 bits per heavy atom. The number of nitrogens with zero attached hydrogens (tertiary/aromatic N) is 4. The number of halogens is 1. The van der Waals surface area contributed by atoms with Crippen LogP contribution in [-0.2, 0) is 16.1 Å². The fourth-order valence-corrected chi connectivity index (χ4v) is 5.20. The van der Waals surface area contributed by atoms with Crippen LogP contribution in [0.2, 0.25) is 0 Å². The Morgan fingerprint density at radius 2 is 1.97 bits per heavy atom. The van der Waals surface area contributed by atoms with E-state index in [0.717, 1.165) is 34.2 Å². The molecule has 0 aliphatic rings. The molecule has 0 aliphatic carbocycles. The van der Waals surface area contributed by atoms with E-state index in [9.17, 15) is 14.0 Å². The molecule has 0 unspecified atom stereocenters. The van der Waals surface area contributed by atoms with E-state index in [1.165, 1.54) is 17.1 Å². The van der Waals surface area contributed by atoms with Crippen molar-refractivity contribution in [1.82, 2.24) is 19.7 Å². The number of aliphatic carboxylic acids is 1. The van der Waals surface area contributed by atoms with Crippen molar-refractivity contribution in [3.8, 4) is 0 Å². The summed E-state index contributed by atoms with van der Waals surface area (Å²) in [6, 6.07) is 8.29. The number of rotatable bonds is 8. The first-order valence-corrected chi connectivity index (χ1v) is 12.4. The molecule has 0 radical (unpaired) electrons. The lowest BCUT2D eigenvalue weighted by Crippen LogP contribution is -2.19. The van der Waals surface area contributed by atoms with Gasteiger partial charge in [-0.1, -0.05) is 23.1 Å². The predicted molar refractivity (Wildman–Crippen MR) is 137 cm³/mol. The van der Waals surface area contributed by atoms with Crippen LogP contribution in [0.15, 0.2) is 41.0 Å². The molecule has 4 aromatic rings. The highest BCUT2D eigenvalue weighted by atomic mass is 32.2. The topological polar surface area (TPSA) is 122 Å². The molecule has 35 heavy (non-hydrogen) atoms. The number of thioether (sulfide) groups is 1. The second kappa shape index (κ2) is 10.5. The van der Waals surface area contributed by atoms with Gasteiger partial charge in [-0.25, -0.2) is 19.0 Å². The molecular weight excluding hydrogens is 511 g/mol. The minimum atomic E-state index is -0.963. The molecular formula is C22H19FN6O3S3. The summed E-state index contributed by atoms with van der Waals surface area (Å²) in [6.45, 7) is 3.60. The fourth-order valence-electron chi connectivity index (χ4n) is 3.14. The molecule has 1 amide bonds. The van der Waals surface area contributed by atoms with Gasteiger partial charge in [-0.3, -0.25) is 9.59 Å². The normalized spacial score (nSPS) is 10.9. The van der Waals surface area contributed by atoms with Gasteiger partial charge >= 0.3 is 5.97 Å². The van der Waals surface area contributed by atoms with Crippen LogP contribution in [0.4, 0.5) is 21.6 Å². The van der Waals surface area contributed by atoms with Gasteiger partial charge in [-0.2, -0.15) is 5.10 Å². The molecule has 2 heterocycles. The third-order valence-electron chi connectivity index (χ3n) is 4.96. The van der Waals surface area contributed by atoms with Crippen molar-refractivity contribution in [1.29, 1.82) is 0 Å². The fraction of sp³-hybridized carbons (Fsp3) is 0.182. The first-order chi connectivity index (χ1) is 16.7.